The summed E-state index contributed by atoms with van der Waals surface area (Å²) in [6.07, 6.45) is 8.58. The van der Waals surface area contributed by atoms with Crippen LogP contribution in [0.15, 0.2) is 23.3 Å². The smallest absolute Gasteiger partial charge is 0.331 e. The molecule has 0 amide bonds. The number of carbonyl (C=O) groups is 1. The fourth-order valence-electron chi connectivity index (χ4n) is 1.65. The van der Waals surface area contributed by atoms with Gasteiger partial charge in [0.1, 0.15) is 0 Å². The molecule has 2 heteroatoms. The maximum atomic E-state index is 11.2. The predicted octanol–water partition coefficient (Wildman–Crippen LogP) is 3.00. The zero-order valence-corrected chi connectivity index (χ0v) is 9.01. The van der Waals surface area contributed by atoms with E-state index < -0.39 is 0 Å². The lowest BCUT2D eigenvalue weighted by atomic mass is 9.94. The Bertz CT molecular complexity index is 261. The summed E-state index contributed by atoms with van der Waals surface area (Å²) in [6.45, 7) is 4.25. The molecule has 0 heterocycles. The van der Waals surface area contributed by atoms with Gasteiger partial charge in [-0.05, 0) is 50.7 Å². The lowest BCUT2D eigenvalue weighted by Gasteiger charge is -2.12. The molecule has 0 aromatic rings. The van der Waals surface area contributed by atoms with Crippen molar-refractivity contribution in [3.63, 3.8) is 0 Å². The van der Waals surface area contributed by atoms with Crippen LogP contribution in [0, 0.1) is 0 Å². The minimum absolute atomic E-state index is 0.225. The molecule has 0 N–H and O–H groups in total. The van der Waals surface area contributed by atoms with Gasteiger partial charge in [0.15, 0.2) is 0 Å². The molecule has 1 rings (SSSR count). The second-order valence-electron chi connectivity index (χ2n) is 3.55. The van der Waals surface area contributed by atoms with E-state index in [0.717, 1.165) is 18.4 Å². The third-order valence-electron chi connectivity index (χ3n) is 2.42. The van der Waals surface area contributed by atoms with Crippen molar-refractivity contribution in [3.05, 3.63) is 23.3 Å². The van der Waals surface area contributed by atoms with Gasteiger partial charge in [0.25, 0.3) is 0 Å². The molecule has 78 valence electrons. The van der Waals surface area contributed by atoms with Gasteiger partial charge in [0.05, 0.1) is 6.61 Å². The minimum atomic E-state index is -0.225. The van der Waals surface area contributed by atoms with Crippen LogP contribution in [0.1, 0.15) is 39.5 Å². The second-order valence-corrected chi connectivity index (χ2v) is 3.55. The minimum Gasteiger partial charge on any atom is -0.463 e. The molecule has 1 aliphatic carbocycles. The lowest BCUT2D eigenvalue weighted by Crippen LogP contribution is -2.02. The molecule has 0 saturated heterocycles. The normalized spacial score (nSPS) is 17.6. The molecule has 14 heavy (non-hydrogen) atoms. The van der Waals surface area contributed by atoms with Gasteiger partial charge in [-0.2, -0.15) is 0 Å². The second kappa shape index (κ2) is 5.63. The Balaban J connectivity index is 2.58. The third-order valence-corrected chi connectivity index (χ3v) is 2.42. The van der Waals surface area contributed by atoms with Gasteiger partial charge in [-0.25, -0.2) is 4.79 Å². The summed E-state index contributed by atoms with van der Waals surface area (Å²) in [6, 6.07) is 0. The molecular weight excluding hydrogens is 176 g/mol. The molecule has 0 unspecified atom stereocenters. The Labute approximate surface area is 85.6 Å². The summed E-state index contributed by atoms with van der Waals surface area (Å²) < 4.78 is 4.86. The van der Waals surface area contributed by atoms with Crippen LogP contribution in [0.3, 0.4) is 0 Å². The van der Waals surface area contributed by atoms with E-state index in [0.29, 0.717) is 6.61 Å². The molecule has 0 spiro atoms. The first-order valence-corrected chi connectivity index (χ1v) is 5.28. The zero-order chi connectivity index (χ0) is 10.4. The number of hydrogen-bond donors (Lipinski definition) is 0. The van der Waals surface area contributed by atoms with Gasteiger partial charge in [-0.3, -0.25) is 0 Å². The van der Waals surface area contributed by atoms with E-state index in [-0.39, 0.29) is 5.97 Å². The van der Waals surface area contributed by atoms with Crippen molar-refractivity contribution in [2.75, 3.05) is 6.61 Å². The average molecular weight is 194 g/mol. The van der Waals surface area contributed by atoms with Crippen LogP contribution in [0.25, 0.3) is 0 Å². The fourth-order valence-corrected chi connectivity index (χ4v) is 1.65. The highest BCUT2D eigenvalue weighted by Crippen LogP contribution is 2.23. The van der Waals surface area contributed by atoms with Crippen molar-refractivity contribution >= 4 is 5.97 Å². The predicted molar refractivity (Wildman–Crippen MR) is 56.9 cm³/mol. The van der Waals surface area contributed by atoms with E-state index in [1.54, 1.807) is 6.08 Å². The Morgan fingerprint density at radius 1 is 1.57 bits per heavy atom. The topological polar surface area (TPSA) is 26.3 Å². The van der Waals surface area contributed by atoms with E-state index in [1.165, 1.54) is 18.4 Å². The third kappa shape index (κ3) is 3.36. The van der Waals surface area contributed by atoms with Crippen LogP contribution in [0.4, 0.5) is 0 Å². The lowest BCUT2D eigenvalue weighted by molar-refractivity contribution is -0.137. The van der Waals surface area contributed by atoms with Crippen LogP contribution in [-0.4, -0.2) is 12.6 Å². The highest BCUT2D eigenvalue weighted by atomic mass is 16.5. The number of carbonyl (C=O) groups excluding carboxylic acids is 1. The molecular formula is C12H18O2. The first kappa shape index (κ1) is 11.0. The van der Waals surface area contributed by atoms with E-state index >= 15 is 0 Å². The Morgan fingerprint density at radius 3 is 2.93 bits per heavy atom. The Hall–Kier alpha value is -1.05. The summed E-state index contributed by atoms with van der Waals surface area (Å²) in [7, 11) is 0. The van der Waals surface area contributed by atoms with Gasteiger partial charge in [-0.15, -0.1) is 0 Å². The van der Waals surface area contributed by atoms with Crippen LogP contribution in [-0.2, 0) is 9.53 Å². The monoisotopic (exact) mass is 194 g/mol. The SMILES string of the molecule is CCOC(=O)C=C(C)C1=CCCCC1. The largest absolute Gasteiger partial charge is 0.463 e. The standard InChI is InChI=1S/C12H18O2/c1-3-14-12(13)9-10(2)11-7-5-4-6-8-11/h7,9H,3-6,8H2,1-2H3. The Kier molecular flexibility index (Phi) is 4.44. The molecule has 0 saturated carbocycles. The van der Waals surface area contributed by atoms with Gasteiger partial charge in [0.2, 0.25) is 0 Å². The molecule has 1 aliphatic rings. The molecule has 0 bridgehead atoms. The van der Waals surface area contributed by atoms with Gasteiger partial charge in [0, 0.05) is 6.08 Å². The first-order chi connectivity index (χ1) is 6.74. The molecule has 0 aliphatic heterocycles. The number of ether oxygens (including phenoxy) is 1. The zero-order valence-electron chi connectivity index (χ0n) is 9.01. The molecule has 0 aromatic heterocycles. The molecule has 0 aromatic carbocycles. The van der Waals surface area contributed by atoms with E-state index in [2.05, 4.69) is 6.08 Å². The van der Waals surface area contributed by atoms with Gasteiger partial charge >= 0.3 is 5.97 Å². The highest BCUT2D eigenvalue weighted by molar-refractivity contribution is 5.83. The van der Waals surface area contributed by atoms with Crippen molar-refractivity contribution < 1.29 is 9.53 Å². The highest BCUT2D eigenvalue weighted by Gasteiger charge is 2.06. The van der Waals surface area contributed by atoms with E-state index in [4.69, 9.17) is 4.74 Å². The van der Waals surface area contributed by atoms with Crippen LogP contribution in [0.5, 0.6) is 0 Å². The average Bonchev–Trinajstić information content (AvgIpc) is 2.19. The molecule has 0 atom stereocenters. The first-order valence-electron chi connectivity index (χ1n) is 5.28. The van der Waals surface area contributed by atoms with E-state index in [1.807, 2.05) is 13.8 Å². The van der Waals surface area contributed by atoms with Gasteiger partial charge < -0.3 is 4.74 Å². The van der Waals surface area contributed by atoms with Crippen LogP contribution < -0.4 is 0 Å². The maximum Gasteiger partial charge on any atom is 0.331 e. The van der Waals surface area contributed by atoms with Crippen molar-refractivity contribution in [2.24, 2.45) is 0 Å². The maximum absolute atomic E-state index is 11.2. The summed E-state index contributed by atoms with van der Waals surface area (Å²) in [4.78, 5) is 11.2. The quantitative estimate of drug-likeness (QED) is 0.510. The fraction of sp³-hybridized carbons (Fsp3) is 0.583. The number of esters is 1. The summed E-state index contributed by atoms with van der Waals surface area (Å²) in [5, 5.41) is 0. The van der Waals surface area contributed by atoms with Crippen LogP contribution >= 0.6 is 0 Å². The molecule has 0 radical (unpaired) electrons. The number of rotatable bonds is 3. The summed E-state index contributed by atoms with van der Waals surface area (Å²) in [5.74, 6) is -0.225. The number of hydrogen-bond acceptors (Lipinski definition) is 2. The Morgan fingerprint density at radius 2 is 2.36 bits per heavy atom. The van der Waals surface area contributed by atoms with Gasteiger partial charge in [-0.1, -0.05) is 6.08 Å². The van der Waals surface area contributed by atoms with Crippen molar-refractivity contribution in [2.45, 2.75) is 39.5 Å². The summed E-state index contributed by atoms with van der Waals surface area (Å²) in [5.41, 5.74) is 2.37. The molecule has 0 fully saturated rings. The van der Waals surface area contributed by atoms with E-state index in [9.17, 15) is 4.79 Å². The van der Waals surface area contributed by atoms with Crippen molar-refractivity contribution in [1.82, 2.24) is 0 Å². The van der Waals surface area contributed by atoms with Crippen molar-refractivity contribution in [3.8, 4) is 0 Å². The molecule has 2 nitrogen and oxygen atoms in total. The van der Waals surface area contributed by atoms with Crippen molar-refractivity contribution in [1.29, 1.82) is 0 Å². The van der Waals surface area contributed by atoms with Crippen LogP contribution in [0.2, 0.25) is 0 Å². The summed E-state index contributed by atoms with van der Waals surface area (Å²) >= 11 is 0. The number of allylic oxidation sites excluding steroid dienone is 3.